The van der Waals surface area contributed by atoms with E-state index in [1.165, 1.54) is 6.20 Å². The molecule has 0 aliphatic carbocycles. The molecule has 0 aromatic carbocycles. The monoisotopic (exact) mass is 220 g/mol. The van der Waals surface area contributed by atoms with Crippen LogP contribution in [-0.2, 0) is 0 Å². The van der Waals surface area contributed by atoms with Crippen LogP contribution in [0.15, 0.2) is 25.0 Å². The minimum Gasteiger partial charge on any atom is -0.367 e. The predicted octanol–water partition coefficient (Wildman–Crippen LogP) is 1.68. The first kappa shape index (κ1) is 11.5. The Balaban J connectivity index is 2.37. The van der Waals surface area contributed by atoms with Gasteiger partial charge in [0.2, 0.25) is 0 Å². The van der Waals surface area contributed by atoms with Gasteiger partial charge in [-0.2, -0.15) is 17.0 Å². The first-order chi connectivity index (χ1) is 7.38. The Bertz CT molecular complexity index is 359. The molecule has 4 nitrogen and oxygen atoms in total. The van der Waals surface area contributed by atoms with Crippen molar-refractivity contribution in [3.8, 4) is 6.07 Å². The number of nitrogens with one attached hydrogen (secondary N) is 1. The fraction of sp³-hybridized carbons (Fsp3) is 0.300. The third-order valence-corrected chi connectivity index (χ3v) is 2.54. The molecule has 78 valence electrons. The van der Waals surface area contributed by atoms with Crippen molar-refractivity contribution in [1.29, 1.82) is 5.26 Å². The van der Waals surface area contributed by atoms with Gasteiger partial charge in [-0.3, -0.25) is 0 Å². The summed E-state index contributed by atoms with van der Waals surface area (Å²) in [6.07, 6.45) is 4.95. The van der Waals surface area contributed by atoms with Gasteiger partial charge in [-0.25, -0.2) is 9.97 Å². The van der Waals surface area contributed by atoms with Crippen molar-refractivity contribution in [2.45, 2.75) is 0 Å². The van der Waals surface area contributed by atoms with Crippen molar-refractivity contribution in [2.24, 2.45) is 0 Å². The fourth-order valence-electron chi connectivity index (χ4n) is 0.957. The lowest BCUT2D eigenvalue weighted by atomic mass is 10.4. The quantitative estimate of drug-likeness (QED) is 0.583. The van der Waals surface area contributed by atoms with Crippen LogP contribution in [0.2, 0.25) is 0 Å². The topological polar surface area (TPSA) is 61.6 Å². The van der Waals surface area contributed by atoms with Crippen LogP contribution in [0.25, 0.3) is 0 Å². The zero-order chi connectivity index (χ0) is 10.9. The van der Waals surface area contributed by atoms with E-state index in [-0.39, 0.29) is 0 Å². The summed E-state index contributed by atoms with van der Waals surface area (Å²) in [5.41, 5.74) is 0.339. The molecule has 0 fully saturated rings. The molecule has 1 aromatic rings. The summed E-state index contributed by atoms with van der Waals surface area (Å²) in [5.74, 6) is 2.44. The maximum atomic E-state index is 8.75. The molecule has 0 amide bonds. The van der Waals surface area contributed by atoms with Crippen molar-refractivity contribution >= 4 is 17.6 Å². The summed E-state index contributed by atoms with van der Waals surface area (Å²) in [4.78, 5) is 7.94. The second-order valence-corrected chi connectivity index (χ2v) is 3.81. The first-order valence-corrected chi connectivity index (χ1v) is 5.67. The van der Waals surface area contributed by atoms with Gasteiger partial charge in [-0.05, 0) is 0 Å². The molecule has 0 saturated carbocycles. The lowest BCUT2D eigenvalue weighted by molar-refractivity contribution is 1.11. The van der Waals surface area contributed by atoms with E-state index in [2.05, 4.69) is 21.9 Å². The van der Waals surface area contributed by atoms with Crippen LogP contribution in [0.1, 0.15) is 5.69 Å². The normalized spacial score (nSPS) is 9.27. The van der Waals surface area contributed by atoms with E-state index in [9.17, 15) is 0 Å². The Morgan fingerprint density at radius 3 is 3.07 bits per heavy atom. The molecular weight excluding hydrogens is 208 g/mol. The van der Waals surface area contributed by atoms with Crippen molar-refractivity contribution in [2.75, 3.05) is 23.4 Å². The van der Waals surface area contributed by atoms with Crippen LogP contribution in [0.4, 0.5) is 5.82 Å². The van der Waals surface area contributed by atoms with E-state index in [1.807, 2.05) is 12.1 Å². The second kappa shape index (κ2) is 6.85. The smallest absolute Gasteiger partial charge is 0.182 e. The molecule has 0 atom stereocenters. The van der Waals surface area contributed by atoms with Gasteiger partial charge in [0, 0.05) is 30.4 Å². The summed E-state index contributed by atoms with van der Waals surface area (Å²) >= 11 is 1.77. The number of aromatic nitrogens is 2. The van der Waals surface area contributed by atoms with E-state index < -0.39 is 0 Å². The Morgan fingerprint density at radius 2 is 2.33 bits per heavy atom. The van der Waals surface area contributed by atoms with Gasteiger partial charge in [-0.15, -0.1) is 6.58 Å². The Labute approximate surface area is 93.4 Å². The van der Waals surface area contributed by atoms with Crippen molar-refractivity contribution in [1.82, 2.24) is 9.97 Å². The summed E-state index contributed by atoms with van der Waals surface area (Å²) < 4.78 is 0. The number of hydrogen-bond acceptors (Lipinski definition) is 5. The fourth-order valence-corrected chi connectivity index (χ4v) is 1.54. The molecule has 5 heteroatoms. The van der Waals surface area contributed by atoms with Gasteiger partial charge in [0.1, 0.15) is 6.07 Å². The van der Waals surface area contributed by atoms with E-state index in [0.29, 0.717) is 11.5 Å². The zero-order valence-electron chi connectivity index (χ0n) is 8.31. The lowest BCUT2D eigenvalue weighted by Gasteiger charge is -2.04. The van der Waals surface area contributed by atoms with E-state index in [4.69, 9.17) is 5.26 Å². The lowest BCUT2D eigenvalue weighted by Crippen LogP contribution is -2.08. The van der Waals surface area contributed by atoms with Gasteiger partial charge < -0.3 is 5.32 Å². The van der Waals surface area contributed by atoms with Crippen LogP contribution in [0.3, 0.4) is 0 Å². The molecule has 1 rings (SSSR count). The van der Waals surface area contributed by atoms with Gasteiger partial charge in [0.15, 0.2) is 11.5 Å². The highest BCUT2D eigenvalue weighted by molar-refractivity contribution is 7.99. The third kappa shape index (κ3) is 4.00. The van der Waals surface area contributed by atoms with Crippen molar-refractivity contribution in [3.05, 3.63) is 30.7 Å². The second-order valence-electron chi connectivity index (χ2n) is 2.66. The highest BCUT2D eigenvalue weighted by Crippen LogP contribution is 2.06. The van der Waals surface area contributed by atoms with Crippen LogP contribution < -0.4 is 5.32 Å². The summed E-state index contributed by atoms with van der Waals surface area (Å²) in [6, 6.07) is 1.99. The largest absolute Gasteiger partial charge is 0.367 e. The van der Waals surface area contributed by atoms with Crippen molar-refractivity contribution < 1.29 is 0 Å². The number of nitrogens with zero attached hydrogens (tertiary/aromatic N) is 3. The summed E-state index contributed by atoms with van der Waals surface area (Å²) in [5, 5.41) is 11.8. The van der Waals surface area contributed by atoms with Crippen LogP contribution in [0, 0.1) is 11.3 Å². The SMILES string of the molecule is C=CCSCCNc1nccnc1C#N. The highest BCUT2D eigenvalue weighted by Gasteiger charge is 2.01. The molecule has 0 spiro atoms. The zero-order valence-corrected chi connectivity index (χ0v) is 9.13. The molecule has 0 aliphatic heterocycles. The van der Waals surface area contributed by atoms with Crippen LogP contribution >= 0.6 is 11.8 Å². The number of anilines is 1. The Hall–Kier alpha value is -1.54. The number of nitriles is 1. The molecule has 1 aromatic heterocycles. The molecule has 15 heavy (non-hydrogen) atoms. The van der Waals surface area contributed by atoms with Gasteiger partial charge in [0.25, 0.3) is 0 Å². The molecule has 0 saturated heterocycles. The third-order valence-electron chi connectivity index (χ3n) is 1.58. The Kier molecular flexibility index (Phi) is 5.26. The minimum absolute atomic E-state index is 0.339. The van der Waals surface area contributed by atoms with Gasteiger partial charge >= 0.3 is 0 Å². The Morgan fingerprint density at radius 1 is 1.53 bits per heavy atom. The first-order valence-electron chi connectivity index (χ1n) is 4.52. The van der Waals surface area contributed by atoms with Gasteiger partial charge in [-0.1, -0.05) is 6.08 Å². The average Bonchev–Trinajstić information content (AvgIpc) is 2.29. The molecule has 0 unspecified atom stereocenters. The number of thioether (sulfide) groups is 1. The van der Waals surface area contributed by atoms with Crippen LogP contribution in [0.5, 0.6) is 0 Å². The van der Waals surface area contributed by atoms with Crippen LogP contribution in [-0.4, -0.2) is 28.0 Å². The minimum atomic E-state index is 0.339. The number of rotatable bonds is 6. The predicted molar refractivity (Wildman–Crippen MR) is 62.8 cm³/mol. The average molecular weight is 220 g/mol. The van der Waals surface area contributed by atoms with E-state index in [0.717, 1.165) is 18.1 Å². The molecular formula is C10H12N4S. The standard InChI is InChI=1S/C10H12N4S/c1-2-6-15-7-5-14-10-9(8-11)12-3-4-13-10/h2-4H,1,5-7H2,(H,13,14). The maximum Gasteiger partial charge on any atom is 0.182 e. The van der Waals surface area contributed by atoms with E-state index in [1.54, 1.807) is 18.0 Å². The van der Waals surface area contributed by atoms with Gasteiger partial charge in [0.05, 0.1) is 0 Å². The maximum absolute atomic E-state index is 8.75. The highest BCUT2D eigenvalue weighted by atomic mass is 32.2. The molecule has 1 heterocycles. The summed E-state index contributed by atoms with van der Waals surface area (Å²) in [6.45, 7) is 4.41. The molecule has 0 bridgehead atoms. The molecule has 1 N–H and O–H groups in total. The molecule has 0 aliphatic rings. The van der Waals surface area contributed by atoms with Crippen molar-refractivity contribution in [3.63, 3.8) is 0 Å². The van der Waals surface area contributed by atoms with E-state index >= 15 is 0 Å². The summed E-state index contributed by atoms with van der Waals surface area (Å²) in [7, 11) is 0. The number of hydrogen-bond donors (Lipinski definition) is 1. The molecule has 0 radical (unpaired) electrons.